The molecular formula is CuNiO6V2. The molecule has 0 bridgehead atoms. The van der Waals surface area contributed by atoms with Gasteiger partial charge in [-0.2, -0.15) is 0 Å². The van der Waals surface area contributed by atoms with Gasteiger partial charge in [0.05, 0.1) is 0 Å². The summed E-state index contributed by atoms with van der Waals surface area (Å²) < 4.78 is 51.4. The van der Waals surface area contributed by atoms with Gasteiger partial charge in [0.15, 0.2) is 0 Å². The summed E-state index contributed by atoms with van der Waals surface area (Å²) in [6, 6.07) is 0. The molecule has 0 saturated heterocycles. The van der Waals surface area contributed by atoms with Crippen molar-refractivity contribution in [3.05, 3.63) is 0 Å². The van der Waals surface area contributed by atoms with Crippen LogP contribution in [0, 0.1) is 0 Å². The molecule has 0 amide bonds. The summed E-state index contributed by atoms with van der Waals surface area (Å²) in [5.74, 6) is 0. The number of rotatable bonds is 0. The molecule has 0 aromatic carbocycles. The summed E-state index contributed by atoms with van der Waals surface area (Å²) in [6.45, 7) is 0. The number of hydrogen-bond acceptors (Lipinski definition) is 6. The summed E-state index contributed by atoms with van der Waals surface area (Å²) >= 11 is -7.88. The van der Waals surface area contributed by atoms with E-state index in [-0.39, 0.29) is 33.6 Å². The first-order valence-corrected chi connectivity index (χ1v) is 4.52. The molecule has 0 aromatic heterocycles. The molecule has 0 aliphatic heterocycles. The van der Waals surface area contributed by atoms with Crippen LogP contribution >= 0.6 is 0 Å². The molecule has 0 N–H and O–H groups in total. The molecule has 67 valence electrons. The number of hydrogen-bond donors (Lipinski definition) is 0. The van der Waals surface area contributed by atoms with Crippen molar-refractivity contribution in [2.24, 2.45) is 0 Å². The third-order valence-electron chi connectivity index (χ3n) is 0. The van der Waals surface area contributed by atoms with Gasteiger partial charge < -0.3 is 0 Å². The molecule has 0 fully saturated rings. The molecule has 0 aliphatic carbocycles. The normalized spacial score (nSPS) is 5.00. The maximum atomic E-state index is 8.56. The molecule has 0 aliphatic rings. The Hall–Kier alpha value is 1.30. The Bertz CT molecular complexity index is 133. The van der Waals surface area contributed by atoms with Crippen molar-refractivity contribution in [2.45, 2.75) is 0 Å². The molecule has 0 heterocycles. The van der Waals surface area contributed by atoms with Gasteiger partial charge in [0.2, 0.25) is 0 Å². The Labute approximate surface area is 86.5 Å². The summed E-state index contributed by atoms with van der Waals surface area (Å²) in [5, 5.41) is 0. The second-order valence-electron chi connectivity index (χ2n) is 0.447. The van der Waals surface area contributed by atoms with Crippen molar-refractivity contribution < 1.29 is 87.1 Å². The topological polar surface area (TPSA) is 114 Å². The van der Waals surface area contributed by atoms with Gasteiger partial charge >= 0.3 is 70.1 Å². The van der Waals surface area contributed by atoms with E-state index in [1.807, 2.05) is 0 Å². The van der Waals surface area contributed by atoms with Crippen LogP contribution in [0.4, 0.5) is 0 Å². The second-order valence-corrected chi connectivity index (χ2v) is 1.84. The fourth-order valence-corrected chi connectivity index (χ4v) is 0. The zero-order valence-electron chi connectivity index (χ0n) is 3.96. The van der Waals surface area contributed by atoms with Crippen LogP contribution in [-0.4, -0.2) is 0 Å². The Morgan fingerprint density at radius 1 is 0.800 bits per heavy atom. The predicted molar refractivity (Wildman–Crippen MR) is 2.75 cm³/mol. The Balaban J connectivity index is -0.0000000300. The average Bonchev–Trinajstić information content (AvgIpc) is 1.25. The molecule has 0 atom stereocenters. The van der Waals surface area contributed by atoms with Gasteiger partial charge in [-0.3, -0.25) is 0 Å². The van der Waals surface area contributed by atoms with E-state index in [1.165, 1.54) is 0 Å². The third kappa shape index (κ3) is 378. The minimum atomic E-state index is -3.94. The maximum absolute atomic E-state index is 8.56. The molecule has 0 unspecified atom stereocenters. The van der Waals surface area contributed by atoms with E-state index >= 15 is 0 Å². The van der Waals surface area contributed by atoms with E-state index in [1.54, 1.807) is 0 Å². The van der Waals surface area contributed by atoms with Crippen molar-refractivity contribution in [1.29, 1.82) is 0 Å². The fraction of sp³-hybridized carbons (Fsp3) is 0. The zero-order valence-corrected chi connectivity index (χ0v) is 8.68. The first-order valence-electron chi connectivity index (χ1n) is 1.10. The van der Waals surface area contributed by atoms with E-state index in [0.29, 0.717) is 0 Å². The quantitative estimate of drug-likeness (QED) is 0.443. The van der Waals surface area contributed by atoms with Gasteiger partial charge in [-0.1, -0.05) is 0 Å². The Morgan fingerprint density at radius 3 is 0.800 bits per heavy atom. The molecular weight excluding hydrogens is 320 g/mol. The van der Waals surface area contributed by atoms with Gasteiger partial charge in [0.25, 0.3) is 0 Å². The molecule has 6 nitrogen and oxygen atoms in total. The van der Waals surface area contributed by atoms with E-state index in [0.717, 1.165) is 0 Å². The van der Waals surface area contributed by atoms with Crippen molar-refractivity contribution in [1.82, 2.24) is 0 Å². The van der Waals surface area contributed by atoms with Crippen molar-refractivity contribution >= 4 is 0 Å². The molecule has 0 spiro atoms. The van der Waals surface area contributed by atoms with E-state index in [2.05, 4.69) is 0 Å². The third-order valence-corrected chi connectivity index (χ3v) is 0. The monoisotopic (exact) mass is 319 g/mol. The van der Waals surface area contributed by atoms with Crippen LogP contribution in [0.1, 0.15) is 0 Å². The van der Waals surface area contributed by atoms with Gasteiger partial charge in [-0.05, 0) is 0 Å². The zero-order chi connectivity index (χ0) is 7.15. The van der Waals surface area contributed by atoms with Crippen LogP contribution in [0.5, 0.6) is 0 Å². The van der Waals surface area contributed by atoms with E-state index < -0.39 is 30.8 Å². The van der Waals surface area contributed by atoms with Gasteiger partial charge in [-0.15, -0.1) is 0 Å². The van der Waals surface area contributed by atoms with Crippen LogP contribution in [0.3, 0.4) is 0 Å². The molecule has 0 saturated carbocycles. The Morgan fingerprint density at radius 2 is 0.800 bits per heavy atom. The van der Waals surface area contributed by atoms with Crippen LogP contribution in [0.25, 0.3) is 0 Å². The molecule has 10 heteroatoms. The summed E-state index contributed by atoms with van der Waals surface area (Å²) in [4.78, 5) is 0. The molecule has 10 heavy (non-hydrogen) atoms. The molecule has 0 aromatic rings. The summed E-state index contributed by atoms with van der Waals surface area (Å²) in [7, 11) is 0. The Kier molecular flexibility index (Phi) is 37.6. The van der Waals surface area contributed by atoms with E-state index in [4.69, 9.17) is 22.8 Å². The van der Waals surface area contributed by atoms with Crippen LogP contribution < -0.4 is 8.06 Å². The van der Waals surface area contributed by atoms with Crippen LogP contribution in [0.15, 0.2) is 0 Å². The van der Waals surface area contributed by atoms with Gasteiger partial charge in [-0.25, -0.2) is 0 Å². The van der Waals surface area contributed by atoms with Gasteiger partial charge in [0.1, 0.15) is 0 Å². The molecule has 0 rings (SSSR count). The molecule has 1 radical (unpaired) electrons. The van der Waals surface area contributed by atoms with Crippen LogP contribution in [0.2, 0.25) is 0 Å². The van der Waals surface area contributed by atoms with Crippen molar-refractivity contribution in [3.63, 3.8) is 0 Å². The first-order chi connectivity index (χ1) is 3.46. The average molecular weight is 320 g/mol. The van der Waals surface area contributed by atoms with Crippen molar-refractivity contribution in [2.75, 3.05) is 0 Å². The minimum absolute atomic E-state index is 0. The van der Waals surface area contributed by atoms with Crippen molar-refractivity contribution in [3.8, 4) is 0 Å². The second kappa shape index (κ2) is 16.7. The summed E-state index contributed by atoms with van der Waals surface area (Å²) in [5.41, 5.74) is 0. The fourth-order valence-electron chi connectivity index (χ4n) is 0. The van der Waals surface area contributed by atoms with E-state index in [9.17, 15) is 0 Å². The standard InChI is InChI=1S/Cu.Ni.6O.2V/q;+2;;;;;2*-1;;. The van der Waals surface area contributed by atoms with Gasteiger partial charge in [0, 0.05) is 17.1 Å². The predicted octanol–water partition coefficient (Wildman–Crippen LogP) is -2.86. The summed E-state index contributed by atoms with van der Waals surface area (Å²) in [6.07, 6.45) is 0. The first kappa shape index (κ1) is 22.5. The van der Waals surface area contributed by atoms with Crippen LogP contribution in [-0.2, 0) is 79.1 Å². The SMILES string of the molecule is [Cu].[Ni+2].[O]=[V](=[O])[O-].[O]=[V](=[O])[O-].